The van der Waals surface area contributed by atoms with Crippen molar-refractivity contribution in [1.29, 1.82) is 0 Å². The summed E-state index contributed by atoms with van der Waals surface area (Å²) in [6.45, 7) is 0. The minimum Gasteiger partial charge on any atom is -0.455 e. The topological polar surface area (TPSA) is 16.4 Å². The number of furan rings is 1. The molecule has 0 amide bonds. The maximum absolute atomic E-state index is 7.00. The second kappa shape index (κ2) is 11.5. The van der Waals surface area contributed by atoms with Crippen molar-refractivity contribution in [2.75, 3.05) is 4.90 Å². The number of fused-ring (bicyclic) bond motifs is 6. The van der Waals surface area contributed by atoms with Crippen molar-refractivity contribution in [2.24, 2.45) is 0 Å². The lowest BCUT2D eigenvalue weighted by Gasteiger charge is -2.27. The van der Waals surface area contributed by atoms with Gasteiger partial charge in [0, 0.05) is 22.0 Å². The van der Waals surface area contributed by atoms with Crippen molar-refractivity contribution in [2.45, 2.75) is 0 Å². The van der Waals surface area contributed by atoms with Crippen molar-refractivity contribution in [3.63, 3.8) is 0 Å². The van der Waals surface area contributed by atoms with Gasteiger partial charge in [-0.1, -0.05) is 152 Å². The molecule has 50 heavy (non-hydrogen) atoms. The molecule has 10 aromatic rings. The molecular weight excluding hydrogens is 607 g/mol. The second-order valence-electron chi connectivity index (χ2n) is 12.9. The zero-order valence-electron chi connectivity index (χ0n) is 27.3. The second-order valence-corrected chi connectivity index (χ2v) is 12.9. The first-order chi connectivity index (χ1) is 24.8. The van der Waals surface area contributed by atoms with Gasteiger partial charge in [0.05, 0.1) is 16.8 Å². The van der Waals surface area contributed by atoms with Crippen molar-refractivity contribution in [3.8, 4) is 22.3 Å². The minimum absolute atomic E-state index is 0.862. The van der Waals surface area contributed by atoms with E-state index in [4.69, 9.17) is 4.42 Å². The van der Waals surface area contributed by atoms with Gasteiger partial charge in [-0.2, -0.15) is 0 Å². The predicted octanol–water partition coefficient (Wildman–Crippen LogP) is 13.8. The van der Waals surface area contributed by atoms with E-state index >= 15 is 0 Å². The highest BCUT2D eigenvalue weighted by atomic mass is 16.3. The van der Waals surface area contributed by atoms with Crippen LogP contribution < -0.4 is 4.90 Å². The number of nitrogens with zero attached hydrogens (tertiary/aromatic N) is 1. The van der Waals surface area contributed by atoms with Gasteiger partial charge < -0.3 is 9.32 Å². The van der Waals surface area contributed by atoms with Crippen molar-refractivity contribution >= 4 is 71.3 Å². The molecule has 1 heterocycles. The zero-order chi connectivity index (χ0) is 33.0. The maximum atomic E-state index is 7.00. The SMILES string of the molecule is c1ccc(-c2ccc(N(c3cccc4ccccc34)c3cccc4oc5c(-c6cccc7ccccc67)c6ccccc6cc5c34)cc2)cc1. The summed E-state index contributed by atoms with van der Waals surface area (Å²) in [6, 6.07) is 67.3. The Morgan fingerprint density at radius 1 is 0.380 bits per heavy atom. The number of benzene rings is 9. The Bertz CT molecular complexity index is 2860. The van der Waals surface area contributed by atoms with Crippen LogP contribution in [-0.2, 0) is 0 Å². The van der Waals surface area contributed by atoms with E-state index < -0.39 is 0 Å². The molecule has 0 saturated carbocycles. The molecule has 0 bridgehead atoms. The van der Waals surface area contributed by atoms with Crippen LogP contribution in [0.1, 0.15) is 0 Å². The summed E-state index contributed by atoms with van der Waals surface area (Å²) >= 11 is 0. The summed E-state index contributed by atoms with van der Waals surface area (Å²) in [5, 5.41) is 9.37. The maximum Gasteiger partial charge on any atom is 0.143 e. The van der Waals surface area contributed by atoms with E-state index in [9.17, 15) is 0 Å². The molecule has 1 aromatic heterocycles. The summed E-state index contributed by atoms with van der Waals surface area (Å²) in [7, 11) is 0. The van der Waals surface area contributed by atoms with Gasteiger partial charge in [0.2, 0.25) is 0 Å². The normalized spacial score (nSPS) is 11.6. The molecule has 0 fully saturated rings. The fourth-order valence-corrected chi connectivity index (χ4v) is 7.75. The van der Waals surface area contributed by atoms with E-state index in [2.05, 4.69) is 193 Å². The van der Waals surface area contributed by atoms with Crippen molar-refractivity contribution in [3.05, 3.63) is 188 Å². The largest absolute Gasteiger partial charge is 0.455 e. The molecule has 234 valence electrons. The Labute approximate surface area is 290 Å². The van der Waals surface area contributed by atoms with Crippen LogP contribution in [-0.4, -0.2) is 0 Å². The van der Waals surface area contributed by atoms with Gasteiger partial charge >= 0.3 is 0 Å². The Balaban J connectivity index is 1.29. The molecule has 10 rings (SSSR count). The zero-order valence-corrected chi connectivity index (χ0v) is 27.3. The van der Waals surface area contributed by atoms with Gasteiger partial charge in [-0.25, -0.2) is 0 Å². The Kier molecular flexibility index (Phi) is 6.53. The van der Waals surface area contributed by atoms with Crippen molar-refractivity contribution < 1.29 is 4.42 Å². The van der Waals surface area contributed by atoms with E-state index in [-0.39, 0.29) is 0 Å². The van der Waals surface area contributed by atoms with Crippen LogP contribution in [0.15, 0.2) is 192 Å². The lowest BCUT2D eigenvalue weighted by atomic mass is 9.91. The minimum atomic E-state index is 0.862. The average molecular weight is 638 g/mol. The lowest BCUT2D eigenvalue weighted by Crippen LogP contribution is -2.10. The van der Waals surface area contributed by atoms with E-state index in [0.29, 0.717) is 0 Å². The summed E-state index contributed by atoms with van der Waals surface area (Å²) < 4.78 is 7.00. The summed E-state index contributed by atoms with van der Waals surface area (Å²) in [6.07, 6.45) is 0. The van der Waals surface area contributed by atoms with Gasteiger partial charge in [-0.15, -0.1) is 0 Å². The van der Waals surface area contributed by atoms with Crippen LogP contribution in [0.2, 0.25) is 0 Å². The average Bonchev–Trinajstić information content (AvgIpc) is 3.56. The number of rotatable bonds is 5. The molecule has 9 aromatic carbocycles. The van der Waals surface area contributed by atoms with Crippen LogP contribution in [0.5, 0.6) is 0 Å². The third-order valence-corrected chi connectivity index (χ3v) is 10.0. The first-order valence-electron chi connectivity index (χ1n) is 17.1. The summed E-state index contributed by atoms with van der Waals surface area (Å²) in [4.78, 5) is 2.40. The van der Waals surface area contributed by atoms with Gasteiger partial charge in [0.15, 0.2) is 0 Å². The highest BCUT2D eigenvalue weighted by Gasteiger charge is 2.24. The fraction of sp³-hybridized carbons (Fsp3) is 0. The standard InChI is InChI=1S/C48H31NO/c1-2-13-32(14-3-1)33-27-29-37(30-28-33)49(43-24-11-19-35-16-5-8-21-39(35)43)44-25-12-26-45-47(44)42-31-36-17-6-9-22-40(36)46(48(42)50-45)41-23-10-18-34-15-4-7-20-38(34)41/h1-31H. The van der Waals surface area contributed by atoms with Crippen LogP contribution in [0, 0.1) is 0 Å². The quantitative estimate of drug-likeness (QED) is 0.187. The molecule has 0 atom stereocenters. The summed E-state index contributed by atoms with van der Waals surface area (Å²) in [5.74, 6) is 0. The Morgan fingerprint density at radius 3 is 1.76 bits per heavy atom. The molecule has 0 spiro atoms. The van der Waals surface area contributed by atoms with Crippen LogP contribution >= 0.6 is 0 Å². The van der Waals surface area contributed by atoms with Gasteiger partial charge in [0.1, 0.15) is 11.2 Å². The van der Waals surface area contributed by atoms with E-state index in [1.165, 1.54) is 49.0 Å². The highest BCUT2D eigenvalue weighted by molar-refractivity contribution is 6.24. The van der Waals surface area contributed by atoms with Crippen molar-refractivity contribution in [1.82, 2.24) is 0 Å². The predicted molar refractivity (Wildman–Crippen MR) is 212 cm³/mol. The van der Waals surface area contributed by atoms with Gasteiger partial charge in [-0.05, 0) is 80.0 Å². The molecule has 0 aliphatic heterocycles. The molecule has 0 radical (unpaired) electrons. The molecule has 2 nitrogen and oxygen atoms in total. The third kappa shape index (κ3) is 4.50. The highest BCUT2D eigenvalue weighted by Crippen LogP contribution is 2.48. The van der Waals surface area contributed by atoms with E-state index in [0.717, 1.165) is 44.6 Å². The molecule has 0 unspecified atom stereocenters. The third-order valence-electron chi connectivity index (χ3n) is 10.0. The lowest BCUT2D eigenvalue weighted by molar-refractivity contribution is 0.670. The van der Waals surface area contributed by atoms with Crippen LogP contribution in [0.25, 0.3) is 76.5 Å². The number of hydrogen-bond donors (Lipinski definition) is 0. The van der Waals surface area contributed by atoms with Gasteiger partial charge in [-0.3, -0.25) is 0 Å². The smallest absolute Gasteiger partial charge is 0.143 e. The van der Waals surface area contributed by atoms with E-state index in [1.807, 2.05) is 0 Å². The number of anilines is 3. The molecule has 0 aliphatic carbocycles. The Hall–Kier alpha value is -6.64. The van der Waals surface area contributed by atoms with Crippen LogP contribution in [0.4, 0.5) is 17.1 Å². The molecule has 0 N–H and O–H groups in total. The van der Waals surface area contributed by atoms with E-state index in [1.54, 1.807) is 0 Å². The number of hydrogen-bond acceptors (Lipinski definition) is 2. The molecule has 0 saturated heterocycles. The van der Waals surface area contributed by atoms with Crippen LogP contribution in [0.3, 0.4) is 0 Å². The fourth-order valence-electron chi connectivity index (χ4n) is 7.75. The first-order valence-corrected chi connectivity index (χ1v) is 17.1. The molecule has 0 aliphatic rings. The monoisotopic (exact) mass is 637 g/mol. The molecule has 2 heteroatoms. The van der Waals surface area contributed by atoms with Gasteiger partial charge in [0.25, 0.3) is 0 Å². The summed E-state index contributed by atoms with van der Waals surface area (Å²) in [5.41, 5.74) is 9.72. The Morgan fingerprint density at radius 2 is 0.960 bits per heavy atom. The first kappa shape index (κ1) is 28.4. The molecular formula is C48H31NO.